The number of hydrogen-bond acceptors (Lipinski definition) is 7. The maximum absolute atomic E-state index is 12.8. The number of nitrogens with zero attached hydrogens (tertiary/aromatic N) is 3. The summed E-state index contributed by atoms with van der Waals surface area (Å²) in [5, 5.41) is 19.2. The van der Waals surface area contributed by atoms with Crippen LogP contribution in [0.2, 0.25) is 0 Å². The third-order valence-corrected chi connectivity index (χ3v) is 6.04. The van der Waals surface area contributed by atoms with Gasteiger partial charge < -0.3 is 15.6 Å². The third-order valence-electron chi connectivity index (χ3n) is 5.06. The zero-order valence-corrected chi connectivity index (χ0v) is 18.7. The number of anilines is 1. The Morgan fingerprint density at radius 3 is 2.70 bits per heavy atom. The normalized spacial score (nSPS) is 16.8. The van der Waals surface area contributed by atoms with E-state index in [9.17, 15) is 14.7 Å². The van der Waals surface area contributed by atoms with Crippen molar-refractivity contribution in [2.45, 2.75) is 18.6 Å². The van der Waals surface area contributed by atoms with Gasteiger partial charge in [0.1, 0.15) is 16.7 Å². The predicted octanol–water partition coefficient (Wildman–Crippen LogP) is 3.66. The van der Waals surface area contributed by atoms with E-state index in [1.807, 2.05) is 37.3 Å². The number of rotatable bonds is 6. The van der Waals surface area contributed by atoms with Crippen LogP contribution in [0.25, 0.3) is 10.8 Å². The lowest BCUT2D eigenvalue weighted by molar-refractivity contribution is -0.121. The molecule has 3 aromatic rings. The molecule has 0 bridgehead atoms. The van der Waals surface area contributed by atoms with E-state index in [-0.39, 0.29) is 29.2 Å². The van der Waals surface area contributed by atoms with Gasteiger partial charge in [0.2, 0.25) is 11.8 Å². The molecule has 0 saturated carbocycles. The van der Waals surface area contributed by atoms with E-state index in [0.29, 0.717) is 23.6 Å². The van der Waals surface area contributed by atoms with Crippen molar-refractivity contribution in [1.82, 2.24) is 0 Å². The summed E-state index contributed by atoms with van der Waals surface area (Å²) in [6, 6.07) is 17.8. The Bertz CT molecular complexity index is 1260. The molecule has 168 valence electrons. The van der Waals surface area contributed by atoms with Crippen molar-refractivity contribution < 1.29 is 19.4 Å². The Hall–Kier alpha value is -3.85. The average molecular weight is 463 g/mol. The van der Waals surface area contributed by atoms with Crippen LogP contribution in [0.4, 0.5) is 5.69 Å². The molecule has 1 heterocycles. The molecule has 0 spiro atoms. The van der Waals surface area contributed by atoms with Gasteiger partial charge in [-0.2, -0.15) is 5.10 Å². The molecule has 8 nitrogen and oxygen atoms in total. The second-order valence-electron chi connectivity index (χ2n) is 7.21. The first-order chi connectivity index (χ1) is 16.0. The minimum Gasteiger partial charge on any atom is -0.507 e. The fraction of sp³-hybridized carbons (Fsp3) is 0.167. The second-order valence-corrected chi connectivity index (χ2v) is 8.43. The van der Waals surface area contributed by atoms with E-state index in [2.05, 4.69) is 10.2 Å². The summed E-state index contributed by atoms with van der Waals surface area (Å²) in [5.74, 6) is 0.0702. The molecule has 1 aliphatic rings. The molecule has 33 heavy (non-hydrogen) atoms. The number of fused-ring (bicyclic) bond motifs is 1. The molecule has 1 saturated heterocycles. The molecule has 0 radical (unpaired) electrons. The van der Waals surface area contributed by atoms with E-state index >= 15 is 0 Å². The van der Waals surface area contributed by atoms with Gasteiger partial charge in [0, 0.05) is 12.0 Å². The number of amides is 2. The predicted molar refractivity (Wildman–Crippen MR) is 131 cm³/mol. The van der Waals surface area contributed by atoms with Gasteiger partial charge in [-0.15, -0.1) is 5.10 Å². The first-order valence-electron chi connectivity index (χ1n) is 10.3. The van der Waals surface area contributed by atoms with Crippen LogP contribution in [0.1, 0.15) is 18.9 Å². The number of aromatic hydroxyl groups is 1. The highest BCUT2D eigenvalue weighted by Crippen LogP contribution is 2.31. The van der Waals surface area contributed by atoms with Gasteiger partial charge in [-0.1, -0.05) is 42.1 Å². The second kappa shape index (κ2) is 9.74. The number of benzene rings is 3. The lowest BCUT2D eigenvalue weighted by Crippen LogP contribution is -2.31. The Morgan fingerprint density at radius 2 is 1.94 bits per heavy atom. The largest absolute Gasteiger partial charge is 0.507 e. The van der Waals surface area contributed by atoms with E-state index in [1.165, 1.54) is 6.21 Å². The van der Waals surface area contributed by atoms with Gasteiger partial charge in [0.25, 0.3) is 0 Å². The van der Waals surface area contributed by atoms with Crippen LogP contribution in [-0.2, 0) is 9.59 Å². The number of hydrogen-bond donors (Lipinski definition) is 2. The maximum Gasteiger partial charge on any atom is 0.247 e. The van der Waals surface area contributed by atoms with Gasteiger partial charge >= 0.3 is 0 Å². The quantitative estimate of drug-likeness (QED) is 0.250. The highest BCUT2D eigenvalue weighted by Gasteiger charge is 2.40. The highest BCUT2D eigenvalue weighted by molar-refractivity contribution is 8.14. The van der Waals surface area contributed by atoms with E-state index in [4.69, 9.17) is 10.5 Å². The van der Waals surface area contributed by atoms with E-state index in [0.717, 1.165) is 27.4 Å². The molecule has 0 aliphatic carbocycles. The highest BCUT2D eigenvalue weighted by atomic mass is 32.2. The van der Waals surface area contributed by atoms with Crippen LogP contribution >= 0.6 is 11.8 Å². The fourth-order valence-electron chi connectivity index (χ4n) is 3.56. The topological polar surface area (TPSA) is 118 Å². The first-order valence-corrected chi connectivity index (χ1v) is 11.2. The summed E-state index contributed by atoms with van der Waals surface area (Å²) < 4.78 is 5.40. The molecule has 1 fully saturated rings. The van der Waals surface area contributed by atoms with Crippen molar-refractivity contribution in [3.63, 3.8) is 0 Å². The van der Waals surface area contributed by atoms with Gasteiger partial charge in [-0.05, 0) is 48.0 Å². The fourth-order valence-corrected chi connectivity index (χ4v) is 4.38. The summed E-state index contributed by atoms with van der Waals surface area (Å²) in [6.07, 6.45) is 1.43. The number of phenolic OH excluding ortho intramolecular Hbond substituents is 1. The molecule has 2 amide bonds. The molecular weight excluding hydrogens is 440 g/mol. The van der Waals surface area contributed by atoms with Crippen molar-refractivity contribution in [1.29, 1.82) is 0 Å². The molecule has 1 aliphatic heterocycles. The van der Waals surface area contributed by atoms with Crippen LogP contribution in [0.15, 0.2) is 70.9 Å². The standard InChI is InChI=1S/C24H22N4O4S/c1-2-32-17-10-8-16(9-11-17)28-22(30)13-21(23(28)31)33-24(25)27-26-14-19-18-6-4-3-5-15(18)7-12-20(19)29/h3-12,14,21,29H,2,13H2,1H3,(H2,25,27)/b26-14-/t21-/m0/s1. The zero-order chi connectivity index (χ0) is 23.4. The van der Waals surface area contributed by atoms with Crippen molar-refractivity contribution in [3.8, 4) is 11.5 Å². The Labute approximate surface area is 194 Å². The number of carbonyl (C=O) groups is 2. The Morgan fingerprint density at radius 1 is 1.18 bits per heavy atom. The number of carbonyl (C=O) groups excluding carboxylic acids is 2. The average Bonchev–Trinajstić information content (AvgIpc) is 3.08. The monoisotopic (exact) mass is 462 g/mol. The van der Waals surface area contributed by atoms with Gasteiger partial charge in [-0.25, -0.2) is 4.90 Å². The lowest BCUT2D eigenvalue weighted by Gasteiger charge is -2.15. The minimum atomic E-state index is -0.686. The number of nitrogens with two attached hydrogens (primary N) is 1. The molecule has 4 rings (SSSR count). The maximum atomic E-state index is 12.8. The van der Waals surface area contributed by atoms with Crippen LogP contribution in [0.5, 0.6) is 11.5 Å². The molecule has 3 N–H and O–H groups in total. The number of ether oxygens (including phenoxy) is 1. The molecule has 0 aromatic heterocycles. The molecule has 1 atom stereocenters. The smallest absolute Gasteiger partial charge is 0.247 e. The SMILES string of the molecule is CCOc1ccc(N2C(=O)C[C@H](SC(N)=N/N=C\c3c(O)ccc4ccccc34)C2=O)cc1. The summed E-state index contributed by atoms with van der Waals surface area (Å²) in [4.78, 5) is 26.4. The Balaban J connectivity index is 1.45. The summed E-state index contributed by atoms with van der Waals surface area (Å²) in [5.41, 5.74) is 6.95. The van der Waals surface area contributed by atoms with Gasteiger partial charge in [0.15, 0.2) is 5.17 Å². The van der Waals surface area contributed by atoms with Crippen molar-refractivity contribution in [2.24, 2.45) is 15.9 Å². The van der Waals surface area contributed by atoms with Gasteiger partial charge in [-0.3, -0.25) is 9.59 Å². The molecular formula is C24H22N4O4S. The number of phenols is 1. The Kier molecular flexibility index (Phi) is 6.60. The van der Waals surface area contributed by atoms with Gasteiger partial charge in [0.05, 0.1) is 18.5 Å². The number of imide groups is 1. The van der Waals surface area contributed by atoms with Crippen LogP contribution in [-0.4, -0.2) is 40.2 Å². The third kappa shape index (κ3) is 4.83. The zero-order valence-electron chi connectivity index (χ0n) is 17.8. The molecule has 3 aromatic carbocycles. The van der Waals surface area contributed by atoms with Crippen molar-refractivity contribution >= 4 is 51.4 Å². The van der Waals surface area contributed by atoms with Crippen LogP contribution < -0.4 is 15.4 Å². The summed E-state index contributed by atoms with van der Waals surface area (Å²) in [6.45, 7) is 2.41. The summed E-state index contributed by atoms with van der Waals surface area (Å²) >= 11 is 0.986. The van der Waals surface area contributed by atoms with E-state index < -0.39 is 5.25 Å². The first kappa shape index (κ1) is 22.3. The number of thioether (sulfide) groups is 1. The minimum absolute atomic E-state index is 0.0146. The van der Waals surface area contributed by atoms with Crippen molar-refractivity contribution in [3.05, 3.63) is 66.2 Å². The lowest BCUT2D eigenvalue weighted by atomic mass is 10.0. The van der Waals surface area contributed by atoms with Crippen molar-refractivity contribution in [2.75, 3.05) is 11.5 Å². The van der Waals surface area contributed by atoms with E-state index in [1.54, 1.807) is 30.3 Å². The molecule has 9 heteroatoms. The number of amidine groups is 1. The molecule has 0 unspecified atom stereocenters. The van der Waals surface area contributed by atoms with Crippen LogP contribution in [0, 0.1) is 0 Å². The summed E-state index contributed by atoms with van der Waals surface area (Å²) in [7, 11) is 0. The van der Waals surface area contributed by atoms with Crippen LogP contribution in [0.3, 0.4) is 0 Å².